The monoisotopic (exact) mass is 355 g/mol. The number of nitrogens with zero attached hydrogens (tertiary/aromatic N) is 1. The molecule has 1 rings (SSSR count). The number of ether oxygens (including phenoxy) is 1. The first-order valence-corrected chi connectivity index (χ1v) is 8.23. The standard InChI is InChI=1S/C10H14BrNO4S2/c1-7(2)12(6-9(13)16-3)18(14,15)10-8(11)4-5-17-10/h4-5,7H,6H2,1-3H3. The van der Waals surface area contributed by atoms with Gasteiger partial charge in [-0.1, -0.05) is 0 Å². The van der Waals surface area contributed by atoms with Crippen molar-refractivity contribution in [3.8, 4) is 0 Å². The van der Waals surface area contributed by atoms with Crippen molar-refractivity contribution >= 4 is 43.3 Å². The van der Waals surface area contributed by atoms with Crippen molar-refractivity contribution in [1.29, 1.82) is 0 Å². The van der Waals surface area contributed by atoms with E-state index < -0.39 is 16.0 Å². The Hall–Kier alpha value is -0.440. The molecule has 0 amide bonds. The lowest BCUT2D eigenvalue weighted by Gasteiger charge is -2.24. The quantitative estimate of drug-likeness (QED) is 0.758. The van der Waals surface area contributed by atoms with E-state index in [4.69, 9.17) is 0 Å². The second-order valence-electron chi connectivity index (χ2n) is 3.78. The SMILES string of the molecule is COC(=O)CN(C(C)C)S(=O)(=O)c1sccc1Br. The largest absolute Gasteiger partial charge is 0.468 e. The van der Waals surface area contributed by atoms with Crippen LogP contribution in [0.3, 0.4) is 0 Å². The van der Waals surface area contributed by atoms with Crippen LogP contribution in [-0.4, -0.2) is 38.4 Å². The molecule has 0 bridgehead atoms. The number of esters is 1. The number of halogens is 1. The van der Waals surface area contributed by atoms with Gasteiger partial charge in [-0.2, -0.15) is 4.31 Å². The number of sulfonamides is 1. The maximum Gasteiger partial charge on any atom is 0.321 e. The molecule has 0 aliphatic carbocycles. The molecule has 0 aromatic carbocycles. The molecule has 0 atom stereocenters. The zero-order chi connectivity index (χ0) is 13.9. The fourth-order valence-corrected chi connectivity index (χ4v) is 5.31. The van der Waals surface area contributed by atoms with Gasteiger partial charge in [0.15, 0.2) is 0 Å². The summed E-state index contributed by atoms with van der Waals surface area (Å²) in [6.07, 6.45) is 0. The fraction of sp³-hybridized carbons (Fsp3) is 0.500. The summed E-state index contributed by atoms with van der Waals surface area (Å²) in [6.45, 7) is 3.13. The summed E-state index contributed by atoms with van der Waals surface area (Å²) in [5.41, 5.74) is 0. The van der Waals surface area contributed by atoms with Crippen LogP contribution in [0.4, 0.5) is 0 Å². The van der Waals surface area contributed by atoms with Gasteiger partial charge in [-0.25, -0.2) is 8.42 Å². The van der Waals surface area contributed by atoms with Crippen LogP contribution in [0.2, 0.25) is 0 Å². The number of carbonyl (C=O) groups excluding carboxylic acids is 1. The summed E-state index contributed by atoms with van der Waals surface area (Å²) < 4.78 is 31.1. The Balaban J connectivity index is 3.13. The fourth-order valence-electron chi connectivity index (χ4n) is 1.31. The Bertz CT molecular complexity index is 524. The highest BCUT2D eigenvalue weighted by Crippen LogP contribution is 2.31. The van der Waals surface area contributed by atoms with Gasteiger partial charge >= 0.3 is 5.97 Å². The van der Waals surface area contributed by atoms with Gasteiger partial charge in [0.05, 0.1) is 7.11 Å². The van der Waals surface area contributed by atoms with E-state index >= 15 is 0 Å². The number of hydrogen-bond acceptors (Lipinski definition) is 5. The van der Waals surface area contributed by atoms with E-state index in [0.717, 1.165) is 15.6 Å². The first-order chi connectivity index (χ1) is 8.30. The molecule has 0 unspecified atom stereocenters. The van der Waals surface area contributed by atoms with Gasteiger partial charge in [0.25, 0.3) is 10.0 Å². The van der Waals surface area contributed by atoms with Crippen molar-refractivity contribution in [3.63, 3.8) is 0 Å². The molecule has 0 N–H and O–H groups in total. The highest BCUT2D eigenvalue weighted by atomic mass is 79.9. The normalized spacial score (nSPS) is 12.1. The minimum Gasteiger partial charge on any atom is -0.468 e. The third-order valence-corrected chi connectivity index (χ3v) is 6.89. The maximum atomic E-state index is 12.4. The highest BCUT2D eigenvalue weighted by molar-refractivity contribution is 9.10. The van der Waals surface area contributed by atoms with E-state index in [9.17, 15) is 13.2 Å². The third-order valence-electron chi connectivity index (χ3n) is 2.22. The molecule has 1 aromatic rings. The highest BCUT2D eigenvalue weighted by Gasteiger charge is 2.31. The molecule has 0 saturated carbocycles. The number of methoxy groups -OCH3 is 1. The summed E-state index contributed by atoms with van der Waals surface area (Å²) in [7, 11) is -2.46. The van der Waals surface area contributed by atoms with Crippen molar-refractivity contribution in [3.05, 3.63) is 15.9 Å². The van der Waals surface area contributed by atoms with Crippen LogP contribution < -0.4 is 0 Å². The molecule has 18 heavy (non-hydrogen) atoms. The van der Waals surface area contributed by atoms with Crippen molar-refractivity contribution in [2.75, 3.05) is 13.7 Å². The van der Waals surface area contributed by atoms with E-state index in [0.29, 0.717) is 4.47 Å². The number of carbonyl (C=O) groups is 1. The molecule has 0 aliphatic heterocycles. The number of thiophene rings is 1. The molecule has 8 heteroatoms. The molecule has 102 valence electrons. The molecule has 1 aromatic heterocycles. The predicted molar refractivity (Wildman–Crippen MR) is 73.1 cm³/mol. The van der Waals surface area contributed by atoms with E-state index in [1.54, 1.807) is 25.3 Å². The smallest absolute Gasteiger partial charge is 0.321 e. The summed E-state index contributed by atoms with van der Waals surface area (Å²) in [5, 5.41) is 1.67. The second kappa shape index (κ2) is 6.14. The average Bonchev–Trinajstić information content (AvgIpc) is 2.71. The van der Waals surface area contributed by atoms with Crippen LogP contribution in [0.1, 0.15) is 13.8 Å². The molecule has 0 aliphatic rings. The topological polar surface area (TPSA) is 63.7 Å². The van der Waals surface area contributed by atoms with Crippen molar-refractivity contribution < 1.29 is 17.9 Å². The van der Waals surface area contributed by atoms with E-state index in [2.05, 4.69) is 20.7 Å². The lowest BCUT2D eigenvalue weighted by molar-refractivity contribution is -0.141. The summed E-state index contributed by atoms with van der Waals surface area (Å²) in [4.78, 5) is 11.3. The van der Waals surface area contributed by atoms with Crippen LogP contribution in [0.25, 0.3) is 0 Å². The Kier molecular flexibility index (Phi) is 5.32. The number of hydrogen-bond donors (Lipinski definition) is 0. The minimum absolute atomic E-state index is 0.195. The Labute approximate surface area is 119 Å². The van der Waals surface area contributed by atoms with Crippen molar-refractivity contribution in [2.45, 2.75) is 24.1 Å². The Morgan fingerprint density at radius 3 is 2.56 bits per heavy atom. The Morgan fingerprint density at radius 1 is 1.56 bits per heavy atom. The van der Waals surface area contributed by atoms with E-state index in [1.807, 2.05) is 0 Å². The van der Waals surface area contributed by atoms with E-state index in [1.165, 1.54) is 7.11 Å². The van der Waals surface area contributed by atoms with Crippen LogP contribution in [-0.2, 0) is 19.6 Å². The lowest BCUT2D eigenvalue weighted by Crippen LogP contribution is -2.40. The second-order valence-corrected chi connectivity index (χ2v) is 7.63. The molecular formula is C10H14BrNO4S2. The third kappa shape index (κ3) is 3.31. The van der Waals surface area contributed by atoms with Gasteiger partial charge in [-0.05, 0) is 41.2 Å². The first kappa shape index (κ1) is 15.6. The molecule has 0 radical (unpaired) electrons. The summed E-state index contributed by atoms with van der Waals surface area (Å²) in [5.74, 6) is -0.583. The van der Waals surface area contributed by atoms with Gasteiger partial charge in [0.2, 0.25) is 0 Å². The summed E-state index contributed by atoms with van der Waals surface area (Å²) in [6, 6.07) is 1.33. The Morgan fingerprint density at radius 2 is 2.17 bits per heavy atom. The first-order valence-electron chi connectivity index (χ1n) is 5.12. The zero-order valence-electron chi connectivity index (χ0n) is 10.2. The van der Waals surface area contributed by atoms with Crippen LogP contribution in [0.5, 0.6) is 0 Å². The van der Waals surface area contributed by atoms with E-state index in [-0.39, 0.29) is 16.8 Å². The van der Waals surface area contributed by atoms with Gasteiger partial charge in [0.1, 0.15) is 10.8 Å². The maximum absolute atomic E-state index is 12.4. The zero-order valence-corrected chi connectivity index (χ0v) is 13.4. The predicted octanol–water partition coefficient (Wildman–Crippen LogP) is 2.08. The van der Waals surface area contributed by atoms with Crippen LogP contribution in [0, 0.1) is 0 Å². The van der Waals surface area contributed by atoms with Crippen molar-refractivity contribution in [2.24, 2.45) is 0 Å². The van der Waals surface area contributed by atoms with Gasteiger partial charge < -0.3 is 4.74 Å². The molecule has 1 heterocycles. The van der Waals surface area contributed by atoms with Gasteiger partial charge in [-0.3, -0.25) is 4.79 Å². The van der Waals surface area contributed by atoms with Gasteiger partial charge in [-0.15, -0.1) is 11.3 Å². The molecule has 0 saturated heterocycles. The van der Waals surface area contributed by atoms with Crippen LogP contribution in [0.15, 0.2) is 20.1 Å². The van der Waals surface area contributed by atoms with Gasteiger partial charge in [0, 0.05) is 10.5 Å². The minimum atomic E-state index is -3.69. The average molecular weight is 356 g/mol. The van der Waals surface area contributed by atoms with Crippen LogP contribution >= 0.6 is 27.3 Å². The molecule has 0 fully saturated rings. The van der Waals surface area contributed by atoms with Crippen molar-refractivity contribution in [1.82, 2.24) is 4.31 Å². The molecule has 0 spiro atoms. The lowest BCUT2D eigenvalue weighted by atomic mass is 10.4. The summed E-state index contributed by atoms with van der Waals surface area (Å²) >= 11 is 4.30. The number of rotatable bonds is 5. The molecule has 5 nitrogen and oxygen atoms in total. The molecular weight excluding hydrogens is 342 g/mol.